The number of benzene rings is 1. The van der Waals surface area contributed by atoms with Gasteiger partial charge in [-0.3, -0.25) is 4.79 Å². The number of hydrogen-bond acceptors (Lipinski definition) is 2. The summed E-state index contributed by atoms with van der Waals surface area (Å²) in [6, 6.07) is 8.99. The highest BCUT2D eigenvalue weighted by Gasteiger charge is 2.23. The molecule has 0 spiro atoms. The Morgan fingerprint density at radius 2 is 2.06 bits per heavy atom. The Hall–Kier alpha value is -1.61. The summed E-state index contributed by atoms with van der Waals surface area (Å²) in [4.78, 5) is 14.1. The molecule has 1 aliphatic heterocycles. The Balaban J connectivity index is 2.08. The first-order valence-electron chi connectivity index (χ1n) is 5.93. The average molecular weight is 230 g/mol. The Morgan fingerprint density at radius 3 is 2.71 bits per heavy atom. The minimum absolute atomic E-state index is 0.0173. The van der Waals surface area contributed by atoms with Crippen LogP contribution in [-0.4, -0.2) is 23.9 Å². The third-order valence-corrected chi connectivity index (χ3v) is 3.07. The molecule has 1 aliphatic rings. The second-order valence-corrected chi connectivity index (χ2v) is 4.49. The first-order chi connectivity index (χ1) is 8.18. The number of carbonyl (C=O) groups excluding carboxylic acids is 1. The van der Waals surface area contributed by atoms with Crippen LogP contribution in [0.15, 0.2) is 42.0 Å². The number of carbonyl (C=O) groups is 1. The smallest absolute Gasteiger partial charge is 0.244 e. The van der Waals surface area contributed by atoms with Crippen molar-refractivity contribution < 1.29 is 4.79 Å². The van der Waals surface area contributed by atoms with Crippen LogP contribution < -0.4 is 5.73 Å². The van der Waals surface area contributed by atoms with Crippen molar-refractivity contribution in [2.75, 3.05) is 13.1 Å². The van der Waals surface area contributed by atoms with Crippen LogP contribution >= 0.6 is 0 Å². The summed E-state index contributed by atoms with van der Waals surface area (Å²) in [6.07, 6.45) is 3.11. The summed E-state index contributed by atoms with van der Waals surface area (Å²) in [5.74, 6) is 0.0173. The van der Waals surface area contributed by atoms with Crippen molar-refractivity contribution in [2.45, 2.75) is 19.4 Å². The van der Waals surface area contributed by atoms with E-state index in [1.54, 1.807) is 0 Å². The highest BCUT2D eigenvalue weighted by molar-refractivity contribution is 5.83. The molecule has 90 valence electrons. The summed E-state index contributed by atoms with van der Waals surface area (Å²) in [5.41, 5.74) is 8.12. The molecule has 1 amide bonds. The van der Waals surface area contributed by atoms with Crippen molar-refractivity contribution in [3.05, 3.63) is 47.5 Å². The first-order valence-corrected chi connectivity index (χ1v) is 5.93. The predicted molar refractivity (Wildman–Crippen MR) is 68.3 cm³/mol. The predicted octanol–water partition coefficient (Wildman–Crippen LogP) is 1.87. The van der Waals surface area contributed by atoms with Crippen molar-refractivity contribution in [1.29, 1.82) is 0 Å². The van der Waals surface area contributed by atoms with E-state index in [1.807, 2.05) is 42.2 Å². The molecule has 3 nitrogen and oxygen atoms in total. The van der Waals surface area contributed by atoms with E-state index in [9.17, 15) is 4.79 Å². The van der Waals surface area contributed by atoms with Gasteiger partial charge in [0.25, 0.3) is 0 Å². The summed E-state index contributed by atoms with van der Waals surface area (Å²) in [5, 5.41) is 0. The Morgan fingerprint density at radius 1 is 1.35 bits per heavy atom. The SMILES string of the molecule is CC1=CCCN(C(=O)C(N)c2ccccc2)C1. The summed E-state index contributed by atoms with van der Waals surface area (Å²) < 4.78 is 0. The molecule has 1 unspecified atom stereocenters. The molecule has 0 fully saturated rings. The summed E-state index contributed by atoms with van der Waals surface area (Å²) in [6.45, 7) is 3.53. The van der Waals surface area contributed by atoms with Gasteiger partial charge in [0, 0.05) is 13.1 Å². The van der Waals surface area contributed by atoms with Crippen LogP contribution in [-0.2, 0) is 4.79 Å². The third kappa shape index (κ3) is 2.74. The molecular weight excluding hydrogens is 212 g/mol. The molecule has 0 aromatic heterocycles. The van der Waals surface area contributed by atoms with E-state index < -0.39 is 6.04 Å². The maximum atomic E-state index is 12.2. The molecule has 3 heteroatoms. The molecule has 0 saturated carbocycles. The van der Waals surface area contributed by atoms with E-state index in [-0.39, 0.29) is 5.91 Å². The summed E-state index contributed by atoms with van der Waals surface area (Å²) >= 11 is 0. The molecule has 0 aliphatic carbocycles. The molecule has 0 saturated heterocycles. The molecule has 1 atom stereocenters. The number of amides is 1. The van der Waals surface area contributed by atoms with E-state index in [2.05, 4.69) is 6.08 Å². The lowest BCUT2D eigenvalue weighted by Crippen LogP contribution is -2.41. The maximum absolute atomic E-state index is 12.2. The average Bonchev–Trinajstić information content (AvgIpc) is 2.38. The van der Waals surface area contributed by atoms with Crippen LogP contribution in [0.25, 0.3) is 0 Å². The van der Waals surface area contributed by atoms with Gasteiger partial charge in [0.15, 0.2) is 0 Å². The van der Waals surface area contributed by atoms with E-state index in [4.69, 9.17) is 5.73 Å². The first kappa shape index (κ1) is 11.9. The quantitative estimate of drug-likeness (QED) is 0.788. The zero-order valence-corrected chi connectivity index (χ0v) is 10.1. The second-order valence-electron chi connectivity index (χ2n) is 4.49. The van der Waals surface area contributed by atoms with Crippen molar-refractivity contribution >= 4 is 5.91 Å². The van der Waals surface area contributed by atoms with E-state index in [0.29, 0.717) is 6.54 Å². The van der Waals surface area contributed by atoms with Crippen molar-refractivity contribution in [3.8, 4) is 0 Å². The molecule has 1 aromatic carbocycles. The van der Waals surface area contributed by atoms with Gasteiger partial charge in [0.05, 0.1) is 0 Å². The topological polar surface area (TPSA) is 46.3 Å². The van der Waals surface area contributed by atoms with Gasteiger partial charge in [-0.15, -0.1) is 0 Å². The number of hydrogen-bond donors (Lipinski definition) is 1. The monoisotopic (exact) mass is 230 g/mol. The van der Waals surface area contributed by atoms with E-state index in [0.717, 1.165) is 18.5 Å². The van der Waals surface area contributed by atoms with Crippen LogP contribution in [0.3, 0.4) is 0 Å². The summed E-state index contributed by atoms with van der Waals surface area (Å²) in [7, 11) is 0. The van der Waals surface area contributed by atoms with Gasteiger partial charge < -0.3 is 10.6 Å². The van der Waals surface area contributed by atoms with Crippen molar-refractivity contribution in [2.24, 2.45) is 5.73 Å². The van der Waals surface area contributed by atoms with Crippen molar-refractivity contribution in [1.82, 2.24) is 4.90 Å². The second kappa shape index (κ2) is 5.15. The van der Waals surface area contributed by atoms with Crippen LogP contribution in [0.4, 0.5) is 0 Å². The lowest BCUT2D eigenvalue weighted by atomic mass is 10.0. The number of nitrogens with two attached hydrogens (primary N) is 1. The van der Waals surface area contributed by atoms with Gasteiger partial charge in [-0.2, -0.15) is 0 Å². The van der Waals surface area contributed by atoms with Crippen LogP contribution in [0.2, 0.25) is 0 Å². The largest absolute Gasteiger partial charge is 0.337 e. The third-order valence-electron chi connectivity index (χ3n) is 3.07. The zero-order chi connectivity index (χ0) is 12.3. The molecule has 0 bridgehead atoms. The van der Waals surface area contributed by atoms with E-state index in [1.165, 1.54) is 5.57 Å². The van der Waals surface area contributed by atoms with Gasteiger partial charge in [-0.05, 0) is 18.9 Å². The number of nitrogens with zero attached hydrogens (tertiary/aromatic N) is 1. The molecule has 17 heavy (non-hydrogen) atoms. The van der Waals surface area contributed by atoms with Crippen molar-refractivity contribution in [3.63, 3.8) is 0 Å². The van der Waals surface area contributed by atoms with Gasteiger partial charge in [0.2, 0.25) is 5.91 Å². The Bertz CT molecular complexity index is 425. The Labute approximate surface area is 102 Å². The maximum Gasteiger partial charge on any atom is 0.244 e. The van der Waals surface area contributed by atoms with Crippen LogP contribution in [0.1, 0.15) is 24.9 Å². The molecule has 0 radical (unpaired) electrons. The fourth-order valence-corrected chi connectivity index (χ4v) is 2.10. The minimum atomic E-state index is -0.540. The number of rotatable bonds is 2. The highest BCUT2D eigenvalue weighted by Crippen LogP contribution is 2.16. The fraction of sp³-hybridized carbons (Fsp3) is 0.357. The highest BCUT2D eigenvalue weighted by atomic mass is 16.2. The molecule has 2 N–H and O–H groups in total. The lowest BCUT2D eigenvalue weighted by Gasteiger charge is -2.28. The lowest BCUT2D eigenvalue weighted by molar-refractivity contribution is -0.132. The van der Waals surface area contributed by atoms with Gasteiger partial charge in [-0.1, -0.05) is 42.0 Å². The van der Waals surface area contributed by atoms with Gasteiger partial charge in [0.1, 0.15) is 6.04 Å². The molecular formula is C14H18N2O. The van der Waals surface area contributed by atoms with Crippen LogP contribution in [0.5, 0.6) is 0 Å². The standard InChI is InChI=1S/C14H18N2O/c1-11-6-5-9-16(10-11)14(17)13(15)12-7-3-2-4-8-12/h2-4,6-8,13H,5,9-10,15H2,1H3. The van der Waals surface area contributed by atoms with Gasteiger partial charge in [-0.25, -0.2) is 0 Å². The zero-order valence-electron chi connectivity index (χ0n) is 10.1. The molecule has 1 aromatic rings. The van der Waals surface area contributed by atoms with E-state index >= 15 is 0 Å². The fourth-order valence-electron chi connectivity index (χ4n) is 2.10. The van der Waals surface area contributed by atoms with Gasteiger partial charge >= 0.3 is 0 Å². The molecule has 1 heterocycles. The minimum Gasteiger partial charge on any atom is -0.337 e. The Kier molecular flexibility index (Phi) is 3.59. The normalized spacial score (nSPS) is 17.5. The van der Waals surface area contributed by atoms with Crippen LogP contribution in [0, 0.1) is 0 Å². The molecule has 2 rings (SSSR count).